The summed E-state index contributed by atoms with van der Waals surface area (Å²) in [5.74, 6) is 0.612. The third kappa shape index (κ3) is 4.77. The molecule has 0 fully saturated rings. The third-order valence-electron chi connectivity index (χ3n) is 3.04. The number of rotatable bonds is 6. The van der Waals surface area contributed by atoms with Crippen LogP contribution in [0.4, 0.5) is 0 Å². The molecule has 1 aromatic heterocycles. The number of furan rings is 1. The van der Waals surface area contributed by atoms with Crippen LogP contribution in [0.5, 0.6) is 0 Å². The highest BCUT2D eigenvalue weighted by molar-refractivity contribution is 6.35. The molecule has 1 aromatic carbocycles. The van der Waals surface area contributed by atoms with Crippen LogP contribution in [-0.4, -0.2) is 12.5 Å². The van der Waals surface area contributed by atoms with Crippen molar-refractivity contribution >= 4 is 29.1 Å². The fourth-order valence-electron chi connectivity index (χ4n) is 1.87. The highest BCUT2D eigenvalue weighted by atomic mass is 35.5. The van der Waals surface area contributed by atoms with E-state index in [1.807, 2.05) is 19.1 Å². The standard InChI is InChI=1S/C15H16Cl2N2O2/c1-10(13-5-4-11(16)7-14(13)17)18-9-15(20)19-8-12-3-2-6-21-12/h2-7,10,18H,8-9H2,1H3,(H,19,20). The van der Waals surface area contributed by atoms with Gasteiger partial charge < -0.3 is 15.1 Å². The fraction of sp³-hybridized carbons (Fsp3) is 0.267. The summed E-state index contributed by atoms with van der Waals surface area (Å²) in [6.45, 7) is 2.51. The summed E-state index contributed by atoms with van der Waals surface area (Å²) in [6.07, 6.45) is 1.57. The molecule has 0 aliphatic heterocycles. The summed E-state index contributed by atoms with van der Waals surface area (Å²) in [4.78, 5) is 11.7. The van der Waals surface area contributed by atoms with Crippen molar-refractivity contribution in [1.29, 1.82) is 0 Å². The SMILES string of the molecule is CC(NCC(=O)NCc1ccco1)c1ccc(Cl)cc1Cl. The van der Waals surface area contributed by atoms with E-state index in [9.17, 15) is 4.79 Å². The molecule has 1 unspecified atom stereocenters. The number of hydrogen-bond donors (Lipinski definition) is 2. The van der Waals surface area contributed by atoms with Gasteiger partial charge in [0, 0.05) is 16.1 Å². The Balaban J connectivity index is 1.80. The van der Waals surface area contributed by atoms with Gasteiger partial charge in [0.25, 0.3) is 0 Å². The molecule has 6 heteroatoms. The van der Waals surface area contributed by atoms with Crippen LogP contribution in [-0.2, 0) is 11.3 Å². The Labute approximate surface area is 133 Å². The maximum Gasteiger partial charge on any atom is 0.234 e. The lowest BCUT2D eigenvalue weighted by molar-refractivity contribution is -0.120. The molecule has 0 bridgehead atoms. The molecule has 112 valence electrons. The monoisotopic (exact) mass is 326 g/mol. The van der Waals surface area contributed by atoms with Crippen LogP contribution in [0, 0.1) is 0 Å². The van der Waals surface area contributed by atoms with Crippen molar-refractivity contribution in [3.05, 3.63) is 58.0 Å². The topological polar surface area (TPSA) is 54.3 Å². The van der Waals surface area contributed by atoms with Gasteiger partial charge in [-0.2, -0.15) is 0 Å². The van der Waals surface area contributed by atoms with Crippen LogP contribution in [0.2, 0.25) is 10.0 Å². The number of hydrogen-bond acceptors (Lipinski definition) is 3. The molecule has 2 rings (SSSR count). The van der Waals surface area contributed by atoms with Crippen LogP contribution >= 0.6 is 23.2 Å². The van der Waals surface area contributed by atoms with Crippen LogP contribution < -0.4 is 10.6 Å². The van der Waals surface area contributed by atoms with E-state index in [0.29, 0.717) is 16.6 Å². The van der Waals surface area contributed by atoms with Gasteiger partial charge in [0.2, 0.25) is 5.91 Å². The molecule has 1 amide bonds. The van der Waals surface area contributed by atoms with Gasteiger partial charge in [-0.15, -0.1) is 0 Å². The molecule has 1 atom stereocenters. The lowest BCUT2D eigenvalue weighted by Gasteiger charge is -2.15. The van der Waals surface area contributed by atoms with Crippen molar-refractivity contribution in [3.63, 3.8) is 0 Å². The van der Waals surface area contributed by atoms with Crippen LogP contribution in [0.25, 0.3) is 0 Å². The van der Waals surface area contributed by atoms with E-state index in [0.717, 1.165) is 11.3 Å². The summed E-state index contributed by atoms with van der Waals surface area (Å²) < 4.78 is 5.14. The molecule has 0 radical (unpaired) electrons. The minimum atomic E-state index is -0.108. The van der Waals surface area contributed by atoms with E-state index in [4.69, 9.17) is 27.6 Å². The van der Waals surface area contributed by atoms with Crippen molar-refractivity contribution in [2.75, 3.05) is 6.54 Å². The molecular weight excluding hydrogens is 311 g/mol. The number of benzene rings is 1. The number of carbonyl (C=O) groups is 1. The second-order valence-corrected chi connectivity index (χ2v) is 5.47. The lowest BCUT2D eigenvalue weighted by atomic mass is 10.1. The van der Waals surface area contributed by atoms with Gasteiger partial charge in [0.15, 0.2) is 0 Å². The van der Waals surface area contributed by atoms with Gasteiger partial charge in [-0.05, 0) is 36.8 Å². The third-order valence-corrected chi connectivity index (χ3v) is 3.60. The highest BCUT2D eigenvalue weighted by Gasteiger charge is 2.11. The van der Waals surface area contributed by atoms with E-state index in [1.165, 1.54) is 0 Å². The van der Waals surface area contributed by atoms with Crippen molar-refractivity contribution in [2.24, 2.45) is 0 Å². The van der Waals surface area contributed by atoms with Gasteiger partial charge in [-0.3, -0.25) is 4.79 Å². The molecule has 0 saturated heterocycles. The predicted molar refractivity (Wildman–Crippen MR) is 83.4 cm³/mol. The molecule has 0 saturated carbocycles. The molecule has 21 heavy (non-hydrogen) atoms. The Morgan fingerprint density at radius 2 is 2.14 bits per heavy atom. The van der Waals surface area contributed by atoms with E-state index >= 15 is 0 Å². The molecule has 0 spiro atoms. The zero-order chi connectivity index (χ0) is 15.2. The average molecular weight is 327 g/mol. The maximum absolute atomic E-state index is 11.7. The first-order valence-corrected chi connectivity index (χ1v) is 7.29. The lowest BCUT2D eigenvalue weighted by Crippen LogP contribution is -2.34. The summed E-state index contributed by atoms with van der Waals surface area (Å²) in [7, 11) is 0. The first-order chi connectivity index (χ1) is 10.1. The zero-order valence-electron chi connectivity index (χ0n) is 11.5. The number of carbonyl (C=O) groups excluding carboxylic acids is 1. The summed E-state index contributed by atoms with van der Waals surface area (Å²) in [5.41, 5.74) is 0.903. The smallest absolute Gasteiger partial charge is 0.234 e. The Kier molecular flexibility index (Phi) is 5.67. The Morgan fingerprint density at radius 3 is 2.81 bits per heavy atom. The van der Waals surface area contributed by atoms with Crippen LogP contribution in [0.3, 0.4) is 0 Å². The second kappa shape index (κ2) is 7.50. The van der Waals surface area contributed by atoms with E-state index in [1.54, 1.807) is 24.5 Å². The van der Waals surface area contributed by atoms with Crippen LogP contribution in [0.15, 0.2) is 41.0 Å². The predicted octanol–water partition coefficient (Wildman–Crippen LogP) is 3.55. The number of halogens is 2. The van der Waals surface area contributed by atoms with Crippen molar-refractivity contribution < 1.29 is 9.21 Å². The van der Waals surface area contributed by atoms with Crippen LogP contribution in [0.1, 0.15) is 24.3 Å². The molecule has 4 nitrogen and oxygen atoms in total. The van der Waals surface area contributed by atoms with E-state index in [-0.39, 0.29) is 18.5 Å². The minimum absolute atomic E-state index is 0.0517. The van der Waals surface area contributed by atoms with Crippen molar-refractivity contribution in [1.82, 2.24) is 10.6 Å². The van der Waals surface area contributed by atoms with Gasteiger partial charge in [-0.25, -0.2) is 0 Å². The maximum atomic E-state index is 11.7. The molecule has 0 aliphatic carbocycles. The normalized spacial score (nSPS) is 12.1. The van der Waals surface area contributed by atoms with Crippen molar-refractivity contribution in [2.45, 2.75) is 19.5 Å². The van der Waals surface area contributed by atoms with E-state index in [2.05, 4.69) is 10.6 Å². The summed E-state index contributed by atoms with van der Waals surface area (Å²) >= 11 is 12.0. The van der Waals surface area contributed by atoms with Gasteiger partial charge in [0.05, 0.1) is 19.4 Å². The van der Waals surface area contributed by atoms with Crippen molar-refractivity contribution in [3.8, 4) is 0 Å². The molecule has 1 heterocycles. The molecule has 2 aromatic rings. The minimum Gasteiger partial charge on any atom is -0.467 e. The molecule has 2 N–H and O–H groups in total. The quantitative estimate of drug-likeness (QED) is 0.853. The zero-order valence-corrected chi connectivity index (χ0v) is 13.0. The van der Waals surface area contributed by atoms with Gasteiger partial charge >= 0.3 is 0 Å². The second-order valence-electron chi connectivity index (χ2n) is 4.62. The summed E-state index contributed by atoms with van der Waals surface area (Å²) in [5, 5.41) is 7.06. The highest BCUT2D eigenvalue weighted by Crippen LogP contribution is 2.25. The fourth-order valence-corrected chi connectivity index (χ4v) is 2.44. The Hall–Kier alpha value is -1.49. The first kappa shape index (κ1) is 15.9. The number of nitrogens with one attached hydrogen (secondary N) is 2. The number of amides is 1. The van der Waals surface area contributed by atoms with E-state index < -0.39 is 0 Å². The first-order valence-electron chi connectivity index (χ1n) is 6.53. The molecular formula is C15H16Cl2N2O2. The van der Waals surface area contributed by atoms with Gasteiger partial charge in [0.1, 0.15) is 5.76 Å². The van der Waals surface area contributed by atoms with Gasteiger partial charge in [-0.1, -0.05) is 29.3 Å². The largest absolute Gasteiger partial charge is 0.467 e. The molecule has 0 aliphatic rings. The average Bonchev–Trinajstić information content (AvgIpc) is 2.95. The summed E-state index contributed by atoms with van der Waals surface area (Å²) in [6, 6.07) is 8.85. The Morgan fingerprint density at radius 1 is 1.33 bits per heavy atom. The Bertz CT molecular complexity index is 600.